The van der Waals surface area contributed by atoms with Crippen molar-refractivity contribution in [3.05, 3.63) is 138 Å². The van der Waals surface area contributed by atoms with Gasteiger partial charge in [-0.25, -0.2) is 9.18 Å². The Balaban J connectivity index is 1.34. The lowest BCUT2D eigenvalue weighted by Gasteiger charge is -2.17. The molecule has 0 aliphatic rings. The highest BCUT2D eigenvalue weighted by Gasteiger charge is 2.22. The topological polar surface area (TPSA) is 95.5 Å². The second-order valence-corrected chi connectivity index (χ2v) is 10.1. The predicted octanol–water partition coefficient (Wildman–Crippen LogP) is 7.40. The number of fused-ring (bicyclic) bond motifs is 1. The first-order chi connectivity index (χ1) is 19.4. The Morgan fingerprint density at radius 3 is 1.93 bits per heavy atom. The summed E-state index contributed by atoms with van der Waals surface area (Å²) in [6.45, 7) is 0. The monoisotopic (exact) mass is 550 g/mol. The third-order valence-electron chi connectivity index (χ3n) is 6.20. The summed E-state index contributed by atoms with van der Waals surface area (Å²) in [5.74, 6) is -2.18. The molecule has 1 unspecified atom stereocenters. The highest BCUT2D eigenvalue weighted by Crippen LogP contribution is 2.37. The smallest absolute Gasteiger partial charge is 0.336 e. The molecule has 0 spiro atoms. The average molecular weight is 551 g/mol. The fourth-order valence-electron chi connectivity index (χ4n) is 4.30. The Labute approximate surface area is 233 Å². The molecule has 0 aliphatic carbocycles. The van der Waals surface area contributed by atoms with Crippen molar-refractivity contribution in [2.24, 2.45) is 0 Å². The molecule has 1 atom stereocenters. The van der Waals surface area contributed by atoms with Gasteiger partial charge in [0.15, 0.2) is 0 Å². The fourth-order valence-corrected chi connectivity index (χ4v) is 5.33. The third kappa shape index (κ3) is 6.03. The van der Waals surface area contributed by atoms with Gasteiger partial charge in [-0.15, -0.1) is 11.8 Å². The summed E-state index contributed by atoms with van der Waals surface area (Å²) >= 11 is 1.34. The minimum absolute atomic E-state index is 0.0564. The van der Waals surface area contributed by atoms with Crippen LogP contribution in [0.3, 0.4) is 0 Å². The van der Waals surface area contributed by atoms with Crippen LogP contribution in [0.25, 0.3) is 10.8 Å². The number of hydrogen-bond acceptors (Lipinski definition) is 4. The SMILES string of the molecule is O=C(O)c1cccc2cccc(C(=O)Nc3ccc(SC(C(=O)Nc4ccc(F)cc4)c4ccccc4)cc3)c12. The van der Waals surface area contributed by atoms with E-state index < -0.39 is 17.1 Å². The molecule has 0 heterocycles. The van der Waals surface area contributed by atoms with Gasteiger partial charge in [0.25, 0.3) is 5.91 Å². The van der Waals surface area contributed by atoms with Gasteiger partial charge in [0.2, 0.25) is 5.91 Å². The highest BCUT2D eigenvalue weighted by molar-refractivity contribution is 8.00. The summed E-state index contributed by atoms with van der Waals surface area (Å²) in [4.78, 5) is 38.9. The lowest BCUT2D eigenvalue weighted by atomic mass is 9.98. The van der Waals surface area contributed by atoms with E-state index in [-0.39, 0.29) is 22.9 Å². The summed E-state index contributed by atoms with van der Waals surface area (Å²) < 4.78 is 13.3. The van der Waals surface area contributed by atoms with Gasteiger partial charge in [0.1, 0.15) is 11.1 Å². The minimum atomic E-state index is -1.11. The summed E-state index contributed by atoms with van der Waals surface area (Å²) in [6.07, 6.45) is 0. The van der Waals surface area contributed by atoms with Crippen molar-refractivity contribution in [2.75, 3.05) is 10.6 Å². The van der Waals surface area contributed by atoms with Crippen molar-refractivity contribution in [3.63, 3.8) is 0 Å². The molecule has 0 aliphatic heterocycles. The zero-order valence-corrected chi connectivity index (χ0v) is 21.8. The van der Waals surface area contributed by atoms with Gasteiger partial charge in [0.05, 0.1) is 5.56 Å². The fraction of sp³-hybridized carbons (Fsp3) is 0.0312. The van der Waals surface area contributed by atoms with E-state index in [1.165, 1.54) is 42.1 Å². The minimum Gasteiger partial charge on any atom is -0.478 e. The molecule has 0 saturated carbocycles. The maximum Gasteiger partial charge on any atom is 0.336 e. The molecule has 6 nitrogen and oxygen atoms in total. The van der Waals surface area contributed by atoms with Crippen molar-refractivity contribution in [2.45, 2.75) is 10.1 Å². The predicted molar refractivity (Wildman–Crippen MR) is 155 cm³/mol. The zero-order chi connectivity index (χ0) is 28.1. The van der Waals surface area contributed by atoms with Crippen LogP contribution < -0.4 is 10.6 Å². The Bertz CT molecular complexity index is 1690. The largest absolute Gasteiger partial charge is 0.478 e. The Kier molecular flexibility index (Phi) is 7.89. The second kappa shape index (κ2) is 11.8. The molecule has 3 N–H and O–H groups in total. The summed E-state index contributed by atoms with van der Waals surface area (Å²) in [7, 11) is 0. The van der Waals surface area contributed by atoms with Gasteiger partial charge in [0, 0.05) is 27.2 Å². The normalized spacial score (nSPS) is 11.5. The Morgan fingerprint density at radius 1 is 0.675 bits per heavy atom. The Morgan fingerprint density at radius 2 is 1.27 bits per heavy atom. The molecule has 198 valence electrons. The van der Waals surface area contributed by atoms with Gasteiger partial charge in [-0.3, -0.25) is 9.59 Å². The lowest BCUT2D eigenvalue weighted by molar-refractivity contribution is -0.115. The number of carbonyl (C=O) groups excluding carboxylic acids is 2. The molecule has 0 saturated heterocycles. The van der Waals surface area contributed by atoms with Crippen LogP contribution in [0.4, 0.5) is 15.8 Å². The molecule has 5 aromatic rings. The molecule has 5 aromatic carbocycles. The van der Waals surface area contributed by atoms with E-state index in [4.69, 9.17) is 0 Å². The first-order valence-corrected chi connectivity index (χ1v) is 13.2. The van der Waals surface area contributed by atoms with E-state index in [1.54, 1.807) is 54.6 Å². The average Bonchev–Trinajstić information content (AvgIpc) is 2.97. The molecule has 2 amide bonds. The first kappa shape index (κ1) is 26.6. The quantitative estimate of drug-likeness (QED) is 0.175. The summed E-state index contributed by atoms with van der Waals surface area (Å²) in [5, 5.41) is 15.7. The lowest BCUT2D eigenvalue weighted by Crippen LogP contribution is -2.19. The zero-order valence-electron chi connectivity index (χ0n) is 21.0. The number of carbonyl (C=O) groups is 3. The number of benzene rings is 5. The number of carboxylic acids is 1. The van der Waals surface area contributed by atoms with Crippen molar-refractivity contribution < 1.29 is 23.9 Å². The van der Waals surface area contributed by atoms with E-state index in [0.29, 0.717) is 22.1 Å². The van der Waals surface area contributed by atoms with Gasteiger partial charge < -0.3 is 15.7 Å². The number of hydrogen-bond donors (Lipinski definition) is 3. The number of aromatic carboxylic acids is 1. The van der Waals surface area contributed by atoms with Gasteiger partial charge >= 0.3 is 5.97 Å². The maximum atomic E-state index is 13.3. The van der Waals surface area contributed by atoms with Crippen LogP contribution in [-0.2, 0) is 4.79 Å². The van der Waals surface area contributed by atoms with Crippen LogP contribution in [0.5, 0.6) is 0 Å². The number of anilines is 2. The second-order valence-electron chi connectivity index (χ2n) is 8.90. The van der Waals surface area contributed by atoms with E-state index in [2.05, 4.69) is 10.6 Å². The molecule has 0 fully saturated rings. The number of nitrogens with one attached hydrogen (secondary N) is 2. The molecule has 5 rings (SSSR count). The standard InChI is InChI=1S/C32H23FN2O4S/c33-22-12-14-23(15-13-22)35-31(37)29(21-6-2-1-3-7-21)40-25-18-16-24(17-19-25)34-30(36)26-10-4-8-20-9-5-11-27(28(20)26)32(38)39/h1-19,29H,(H,34,36)(H,35,37)(H,38,39). The van der Waals surface area contributed by atoms with E-state index in [9.17, 15) is 23.9 Å². The summed E-state index contributed by atoms with van der Waals surface area (Å²) in [6, 6.07) is 31.9. The van der Waals surface area contributed by atoms with Crippen LogP contribution in [-0.4, -0.2) is 22.9 Å². The maximum absolute atomic E-state index is 13.3. The van der Waals surface area contributed by atoms with Crippen LogP contribution in [0.2, 0.25) is 0 Å². The molecule has 0 radical (unpaired) electrons. The van der Waals surface area contributed by atoms with Crippen molar-refractivity contribution in [1.29, 1.82) is 0 Å². The highest BCUT2D eigenvalue weighted by atomic mass is 32.2. The van der Waals surface area contributed by atoms with Gasteiger partial charge in [-0.2, -0.15) is 0 Å². The number of rotatable bonds is 8. The molecular weight excluding hydrogens is 527 g/mol. The van der Waals surface area contributed by atoms with Crippen LogP contribution in [0, 0.1) is 5.82 Å². The van der Waals surface area contributed by atoms with Crippen molar-refractivity contribution >= 4 is 51.7 Å². The Hall–Kier alpha value is -4.95. The molecular formula is C32H23FN2O4S. The van der Waals surface area contributed by atoms with Crippen LogP contribution >= 0.6 is 11.8 Å². The summed E-state index contributed by atoms with van der Waals surface area (Å²) in [5.41, 5.74) is 2.13. The van der Waals surface area contributed by atoms with E-state index >= 15 is 0 Å². The van der Waals surface area contributed by atoms with E-state index in [0.717, 1.165) is 10.5 Å². The van der Waals surface area contributed by atoms with Crippen LogP contribution in [0.1, 0.15) is 31.5 Å². The number of carboxylic acid groups (broad SMARTS) is 1. The molecule has 40 heavy (non-hydrogen) atoms. The molecule has 8 heteroatoms. The van der Waals surface area contributed by atoms with Gasteiger partial charge in [-0.1, -0.05) is 54.6 Å². The number of amides is 2. The molecule has 0 bridgehead atoms. The van der Waals surface area contributed by atoms with Crippen LogP contribution in [0.15, 0.2) is 120 Å². The number of halogens is 1. The third-order valence-corrected chi connectivity index (χ3v) is 7.46. The van der Waals surface area contributed by atoms with Crippen molar-refractivity contribution in [3.8, 4) is 0 Å². The van der Waals surface area contributed by atoms with Gasteiger partial charge in [-0.05, 0) is 71.6 Å². The first-order valence-electron chi connectivity index (χ1n) is 12.3. The number of thioether (sulfide) groups is 1. The van der Waals surface area contributed by atoms with Crippen molar-refractivity contribution in [1.82, 2.24) is 0 Å². The molecule has 0 aromatic heterocycles. The van der Waals surface area contributed by atoms with E-state index in [1.807, 2.05) is 30.3 Å².